The van der Waals surface area contributed by atoms with Gasteiger partial charge < -0.3 is 10.1 Å². The van der Waals surface area contributed by atoms with Crippen molar-refractivity contribution in [1.82, 2.24) is 4.98 Å². The van der Waals surface area contributed by atoms with Crippen molar-refractivity contribution in [2.24, 2.45) is 0 Å². The molecule has 8 heteroatoms. The second-order valence-electron chi connectivity index (χ2n) is 3.90. The highest BCUT2D eigenvalue weighted by atomic mass is 35.5. The van der Waals surface area contributed by atoms with Crippen LogP contribution in [0.4, 0.5) is 18.9 Å². The lowest BCUT2D eigenvalue weighted by Crippen LogP contribution is -2.14. The van der Waals surface area contributed by atoms with Gasteiger partial charge in [-0.3, -0.25) is 4.79 Å². The average Bonchev–Trinajstić information content (AvgIpc) is 2.47. The number of nitrogens with one attached hydrogen (secondary N) is 1. The van der Waals surface area contributed by atoms with Gasteiger partial charge in [-0.05, 0) is 18.2 Å². The van der Waals surface area contributed by atoms with E-state index in [0.29, 0.717) is 6.07 Å². The zero-order valence-electron chi connectivity index (χ0n) is 10.6. The molecule has 2 aromatic rings. The standard InChI is InChI=1S/C13H8ClF3N2O2/c1-21-10-5-6(4-9(14)19-10)13(20)18-8-3-2-7(15)11(16)12(8)17/h2-5H,1H3,(H,18,20). The third-order valence-corrected chi connectivity index (χ3v) is 2.72. The summed E-state index contributed by atoms with van der Waals surface area (Å²) in [6.07, 6.45) is 0. The van der Waals surface area contributed by atoms with E-state index in [2.05, 4.69) is 10.3 Å². The number of benzene rings is 1. The lowest BCUT2D eigenvalue weighted by Gasteiger charge is -2.08. The molecule has 1 aromatic heterocycles. The van der Waals surface area contributed by atoms with Crippen LogP contribution in [0.5, 0.6) is 5.88 Å². The molecule has 0 radical (unpaired) electrons. The molecule has 0 saturated carbocycles. The summed E-state index contributed by atoms with van der Waals surface area (Å²) in [6, 6.07) is 4.09. The third kappa shape index (κ3) is 3.25. The SMILES string of the molecule is COc1cc(C(=O)Nc2ccc(F)c(F)c2F)cc(Cl)n1. The fourth-order valence-electron chi connectivity index (χ4n) is 1.53. The quantitative estimate of drug-likeness (QED) is 0.697. The minimum Gasteiger partial charge on any atom is -0.481 e. The molecule has 110 valence electrons. The van der Waals surface area contributed by atoms with Crippen LogP contribution in [0.2, 0.25) is 5.15 Å². The van der Waals surface area contributed by atoms with Crippen LogP contribution in [-0.2, 0) is 0 Å². The van der Waals surface area contributed by atoms with Crippen LogP contribution in [0.25, 0.3) is 0 Å². The molecule has 1 heterocycles. The number of carbonyl (C=O) groups is 1. The average molecular weight is 317 g/mol. The first-order valence-corrected chi connectivity index (χ1v) is 5.96. The Balaban J connectivity index is 2.30. The van der Waals surface area contributed by atoms with Gasteiger partial charge in [0.25, 0.3) is 5.91 Å². The number of ether oxygens (including phenoxy) is 1. The summed E-state index contributed by atoms with van der Waals surface area (Å²) < 4.78 is 44.2. The van der Waals surface area contributed by atoms with E-state index in [9.17, 15) is 18.0 Å². The van der Waals surface area contributed by atoms with E-state index in [0.717, 1.165) is 6.07 Å². The van der Waals surface area contributed by atoms with Gasteiger partial charge in [0.1, 0.15) is 5.15 Å². The van der Waals surface area contributed by atoms with Crippen molar-refractivity contribution < 1.29 is 22.7 Å². The highest BCUT2D eigenvalue weighted by Crippen LogP contribution is 2.22. The van der Waals surface area contributed by atoms with E-state index in [4.69, 9.17) is 16.3 Å². The largest absolute Gasteiger partial charge is 0.481 e. The molecule has 0 spiro atoms. The number of carbonyl (C=O) groups excluding carboxylic acids is 1. The summed E-state index contributed by atoms with van der Waals surface area (Å²) in [6.45, 7) is 0. The molecule has 0 atom stereocenters. The number of methoxy groups -OCH3 is 1. The van der Waals surface area contributed by atoms with Crippen molar-refractivity contribution in [3.05, 3.63) is 52.4 Å². The fraction of sp³-hybridized carbons (Fsp3) is 0.0769. The molecule has 1 aromatic carbocycles. The van der Waals surface area contributed by atoms with E-state index in [1.807, 2.05) is 0 Å². The second kappa shape index (κ2) is 6.01. The number of hydrogen-bond donors (Lipinski definition) is 1. The van der Waals surface area contributed by atoms with Gasteiger partial charge >= 0.3 is 0 Å². The van der Waals surface area contributed by atoms with Gasteiger partial charge in [-0.25, -0.2) is 18.2 Å². The minimum atomic E-state index is -1.67. The van der Waals surface area contributed by atoms with Gasteiger partial charge in [0, 0.05) is 11.6 Å². The van der Waals surface area contributed by atoms with Crippen LogP contribution in [-0.4, -0.2) is 18.0 Å². The highest BCUT2D eigenvalue weighted by Gasteiger charge is 2.17. The summed E-state index contributed by atoms with van der Waals surface area (Å²) in [5, 5.41) is 2.10. The summed E-state index contributed by atoms with van der Waals surface area (Å²) >= 11 is 5.70. The van der Waals surface area contributed by atoms with Crippen molar-refractivity contribution in [1.29, 1.82) is 0 Å². The minimum absolute atomic E-state index is 0.00902. The zero-order valence-corrected chi connectivity index (χ0v) is 11.3. The van der Waals surface area contributed by atoms with Gasteiger partial charge in [-0.1, -0.05) is 11.6 Å². The Morgan fingerprint density at radius 2 is 1.95 bits per heavy atom. The van der Waals surface area contributed by atoms with Gasteiger partial charge in [-0.15, -0.1) is 0 Å². The summed E-state index contributed by atoms with van der Waals surface area (Å²) in [4.78, 5) is 15.7. The zero-order chi connectivity index (χ0) is 15.6. The summed E-state index contributed by atoms with van der Waals surface area (Å²) in [5.41, 5.74) is -0.471. The smallest absolute Gasteiger partial charge is 0.256 e. The molecule has 1 amide bonds. The lowest BCUT2D eigenvalue weighted by atomic mass is 10.2. The lowest BCUT2D eigenvalue weighted by molar-refractivity contribution is 0.102. The Morgan fingerprint density at radius 3 is 2.62 bits per heavy atom. The third-order valence-electron chi connectivity index (χ3n) is 2.53. The first-order chi connectivity index (χ1) is 9.92. The Hall–Kier alpha value is -2.28. The molecule has 21 heavy (non-hydrogen) atoms. The topological polar surface area (TPSA) is 51.2 Å². The predicted molar refractivity (Wildman–Crippen MR) is 70.1 cm³/mol. The Labute approximate surface area is 122 Å². The predicted octanol–water partition coefficient (Wildman–Crippen LogP) is 3.41. The van der Waals surface area contributed by atoms with Gasteiger partial charge in [0.2, 0.25) is 5.88 Å². The monoisotopic (exact) mass is 316 g/mol. The fourth-order valence-corrected chi connectivity index (χ4v) is 1.73. The number of aromatic nitrogens is 1. The van der Waals surface area contributed by atoms with Crippen molar-refractivity contribution in [3.63, 3.8) is 0 Å². The van der Waals surface area contributed by atoms with E-state index in [-0.39, 0.29) is 16.6 Å². The number of anilines is 1. The van der Waals surface area contributed by atoms with E-state index in [1.54, 1.807) is 0 Å². The molecule has 1 N–H and O–H groups in total. The van der Waals surface area contributed by atoms with Crippen LogP contribution >= 0.6 is 11.6 Å². The number of rotatable bonds is 3. The summed E-state index contributed by atoms with van der Waals surface area (Å²) in [5.74, 6) is -5.20. The molecular weight excluding hydrogens is 309 g/mol. The second-order valence-corrected chi connectivity index (χ2v) is 4.29. The van der Waals surface area contributed by atoms with E-state index in [1.165, 1.54) is 19.2 Å². The van der Waals surface area contributed by atoms with E-state index >= 15 is 0 Å². The summed E-state index contributed by atoms with van der Waals surface area (Å²) in [7, 11) is 1.33. The van der Waals surface area contributed by atoms with Crippen LogP contribution < -0.4 is 10.1 Å². The molecule has 0 unspecified atom stereocenters. The molecule has 0 aliphatic carbocycles. The molecule has 0 saturated heterocycles. The van der Waals surface area contributed by atoms with Crippen LogP contribution in [0.1, 0.15) is 10.4 Å². The Bertz CT molecular complexity index is 710. The van der Waals surface area contributed by atoms with Crippen LogP contribution in [0, 0.1) is 17.5 Å². The normalized spacial score (nSPS) is 10.3. The molecule has 0 aliphatic rings. The maximum absolute atomic E-state index is 13.5. The number of pyridine rings is 1. The maximum atomic E-state index is 13.5. The maximum Gasteiger partial charge on any atom is 0.256 e. The first-order valence-electron chi connectivity index (χ1n) is 5.59. The van der Waals surface area contributed by atoms with Crippen molar-refractivity contribution in [2.75, 3.05) is 12.4 Å². The van der Waals surface area contributed by atoms with E-state index < -0.39 is 29.0 Å². The molecule has 4 nitrogen and oxygen atoms in total. The van der Waals surface area contributed by atoms with Gasteiger partial charge in [-0.2, -0.15) is 0 Å². The van der Waals surface area contributed by atoms with Gasteiger partial charge in [0.05, 0.1) is 12.8 Å². The Kier molecular flexibility index (Phi) is 4.32. The molecular formula is C13H8ClF3N2O2. The number of amides is 1. The van der Waals surface area contributed by atoms with Crippen LogP contribution in [0.3, 0.4) is 0 Å². The number of nitrogens with zero attached hydrogens (tertiary/aromatic N) is 1. The van der Waals surface area contributed by atoms with Gasteiger partial charge in [0.15, 0.2) is 17.5 Å². The first kappa shape index (κ1) is 15.1. The molecule has 2 rings (SSSR count). The number of halogens is 4. The van der Waals surface area contributed by atoms with Crippen molar-refractivity contribution >= 4 is 23.2 Å². The molecule has 0 aliphatic heterocycles. The van der Waals surface area contributed by atoms with Crippen molar-refractivity contribution in [2.45, 2.75) is 0 Å². The molecule has 0 bridgehead atoms. The Morgan fingerprint density at radius 1 is 1.24 bits per heavy atom. The van der Waals surface area contributed by atoms with Crippen molar-refractivity contribution in [3.8, 4) is 5.88 Å². The molecule has 0 fully saturated rings. The highest BCUT2D eigenvalue weighted by molar-refractivity contribution is 6.30. The number of hydrogen-bond acceptors (Lipinski definition) is 3. The van der Waals surface area contributed by atoms with Crippen LogP contribution in [0.15, 0.2) is 24.3 Å².